The van der Waals surface area contributed by atoms with Gasteiger partial charge in [-0.3, -0.25) is 24.2 Å². The summed E-state index contributed by atoms with van der Waals surface area (Å²) in [6, 6.07) is 16.9. The number of hydrogen-bond acceptors (Lipinski definition) is 8. The number of amidine groups is 1. The maximum atomic E-state index is 14.4. The maximum absolute atomic E-state index is 14.4. The number of piperidine rings is 1. The SMILES string of the molecule is CCN1C(=O)[C@@H](NC(=O)c2cccc(C(F)(F)F)c2)[C@@H](c2ccc(F)cc2)/C(=C(/N)C(=O)N(C)[C@H](C#N)CCN2CCOCC2)C1=Nc1ccccc1.[HH]. The molecule has 0 saturated carbocycles. The number of nitrogens with two attached hydrogens (primary N) is 1. The van der Waals surface area contributed by atoms with Crippen LogP contribution >= 0.6 is 0 Å². The van der Waals surface area contributed by atoms with Crippen molar-refractivity contribution in [2.45, 2.75) is 37.5 Å². The highest BCUT2D eigenvalue weighted by atomic mass is 19.4. The van der Waals surface area contributed by atoms with E-state index in [4.69, 9.17) is 15.5 Å². The van der Waals surface area contributed by atoms with E-state index in [0.29, 0.717) is 51.0 Å². The molecule has 0 aliphatic carbocycles. The number of nitrogens with zero attached hydrogens (tertiary/aromatic N) is 5. The molecule has 2 aliphatic heterocycles. The second-order valence-corrected chi connectivity index (χ2v) is 12.5. The molecule has 0 aromatic heterocycles. The lowest BCUT2D eigenvalue weighted by molar-refractivity contribution is -0.137. The molecule has 3 atom stereocenters. The van der Waals surface area contributed by atoms with Gasteiger partial charge in [-0.2, -0.15) is 18.4 Å². The van der Waals surface area contributed by atoms with Gasteiger partial charge in [-0.1, -0.05) is 36.4 Å². The minimum absolute atomic E-state index is 0. The van der Waals surface area contributed by atoms with Crippen LogP contribution in [-0.4, -0.2) is 96.8 Å². The van der Waals surface area contributed by atoms with Gasteiger partial charge < -0.3 is 20.7 Å². The van der Waals surface area contributed by atoms with Gasteiger partial charge in [0, 0.05) is 51.7 Å². The Hall–Kier alpha value is -5.59. The van der Waals surface area contributed by atoms with E-state index < -0.39 is 59.0 Å². The number of alkyl halides is 3. The quantitative estimate of drug-likeness (QED) is 0.224. The number of nitriles is 1. The number of likely N-dealkylation sites (tertiary alicyclic amines) is 1. The molecule has 2 saturated heterocycles. The van der Waals surface area contributed by atoms with Crippen LogP contribution in [0.2, 0.25) is 0 Å². The van der Waals surface area contributed by atoms with Crippen molar-refractivity contribution in [3.8, 4) is 6.07 Å². The van der Waals surface area contributed by atoms with Crippen LogP contribution in [0.3, 0.4) is 0 Å². The van der Waals surface area contributed by atoms with E-state index >= 15 is 0 Å². The van der Waals surface area contributed by atoms with E-state index in [-0.39, 0.29) is 30.5 Å². The number of carbonyl (C=O) groups excluding carboxylic acids is 3. The van der Waals surface area contributed by atoms with Crippen LogP contribution in [0.1, 0.15) is 42.2 Å². The lowest BCUT2D eigenvalue weighted by Gasteiger charge is -2.41. The zero-order valence-electron chi connectivity index (χ0n) is 29.1. The van der Waals surface area contributed by atoms with Gasteiger partial charge in [-0.05, 0) is 61.4 Å². The molecule has 280 valence electrons. The van der Waals surface area contributed by atoms with Crippen LogP contribution in [0.5, 0.6) is 0 Å². The third kappa shape index (κ3) is 8.90. The van der Waals surface area contributed by atoms with E-state index in [1.807, 2.05) is 0 Å². The van der Waals surface area contributed by atoms with E-state index in [2.05, 4.69) is 16.3 Å². The molecule has 2 heterocycles. The fourth-order valence-electron chi connectivity index (χ4n) is 6.36. The fourth-order valence-corrected chi connectivity index (χ4v) is 6.36. The standard InChI is InChI=1S/C38H39F4N7O4.H2/c1-3-49-34(45-28-10-5-4-6-11-28)31(32(44)36(51)47(2)29(23-43)16-17-48-18-20-53-21-19-48)30(24-12-14-27(39)15-13-24)33(37(49)52)46-35(50)25-8-7-9-26(22-25)38(40,41)42;/h4-15,22,29-30,33H,3,16-21,44H2,1-2H3,(H,46,50);1H/b32-31-,45-34?;/t29-,30-,33-;/m0./s1. The molecule has 3 amide bonds. The van der Waals surface area contributed by atoms with Crippen LogP contribution in [-0.2, 0) is 20.5 Å². The summed E-state index contributed by atoms with van der Waals surface area (Å²) in [5.41, 5.74) is 5.59. The van der Waals surface area contributed by atoms with Gasteiger partial charge in [0.1, 0.15) is 29.4 Å². The highest BCUT2D eigenvalue weighted by Crippen LogP contribution is 2.38. The summed E-state index contributed by atoms with van der Waals surface area (Å²) in [5, 5.41) is 12.7. The molecule has 0 radical (unpaired) electrons. The molecule has 3 aromatic carbocycles. The fraction of sp³-hybridized carbons (Fsp3) is 0.342. The molecule has 11 nitrogen and oxygen atoms in total. The molecule has 2 fully saturated rings. The van der Waals surface area contributed by atoms with E-state index in [9.17, 15) is 37.2 Å². The van der Waals surface area contributed by atoms with Crippen molar-refractivity contribution in [2.75, 3.05) is 46.4 Å². The smallest absolute Gasteiger partial charge is 0.394 e. The highest BCUT2D eigenvalue weighted by molar-refractivity contribution is 6.18. The monoisotopic (exact) mass is 735 g/mol. The van der Waals surface area contributed by atoms with Crippen LogP contribution in [0.25, 0.3) is 0 Å². The minimum atomic E-state index is -4.74. The number of morpholine rings is 1. The molecule has 3 N–H and O–H groups in total. The summed E-state index contributed by atoms with van der Waals surface area (Å²) in [4.78, 5) is 51.7. The number of halogens is 4. The van der Waals surface area contributed by atoms with E-state index in [0.717, 1.165) is 24.3 Å². The predicted molar refractivity (Wildman–Crippen MR) is 190 cm³/mol. The van der Waals surface area contributed by atoms with Gasteiger partial charge in [0.05, 0.1) is 30.5 Å². The lowest BCUT2D eigenvalue weighted by atomic mass is 9.78. The summed E-state index contributed by atoms with van der Waals surface area (Å²) < 4.78 is 60.4. The number of aliphatic imine (C=N–C) groups is 1. The van der Waals surface area contributed by atoms with Gasteiger partial charge in [0.25, 0.3) is 17.7 Å². The average Bonchev–Trinajstić information content (AvgIpc) is 3.16. The summed E-state index contributed by atoms with van der Waals surface area (Å²) >= 11 is 0. The first-order chi connectivity index (χ1) is 25.3. The molecular formula is C38H41F4N7O4. The number of ether oxygens (including phenoxy) is 1. The Kier molecular flexibility index (Phi) is 12.3. The third-order valence-electron chi connectivity index (χ3n) is 9.23. The van der Waals surface area contributed by atoms with Gasteiger partial charge in [0.15, 0.2) is 0 Å². The second kappa shape index (κ2) is 16.8. The molecule has 2 aliphatic rings. The highest BCUT2D eigenvalue weighted by Gasteiger charge is 2.47. The normalized spacial score (nSPS) is 20.4. The Morgan fingerprint density at radius 3 is 2.40 bits per heavy atom. The zero-order valence-corrected chi connectivity index (χ0v) is 29.1. The number of hydrogen-bond donors (Lipinski definition) is 2. The molecule has 5 rings (SSSR count). The Bertz CT molecular complexity index is 1910. The molecule has 0 unspecified atom stereocenters. The summed E-state index contributed by atoms with van der Waals surface area (Å²) in [5.74, 6) is -4.39. The van der Waals surface area contributed by atoms with E-state index in [1.165, 1.54) is 35.0 Å². The summed E-state index contributed by atoms with van der Waals surface area (Å²) in [6.45, 7) is 4.59. The molecule has 0 bridgehead atoms. The number of rotatable bonds is 10. The number of nitrogens with one attached hydrogen (secondary N) is 1. The largest absolute Gasteiger partial charge is 0.416 e. The Morgan fingerprint density at radius 2 is 1.77 bits per heavy atom. The predicted octanol–water partition coefficient (Wildman–Crippen LogP) is 4.85. The van der Waals surface area contributed by atoms with Gasteiger partial charge in [-0.15, -0.1) is 0 Å². The number of benzene rings is 3. The zero-order chi connectivity index (χ0) is 38.3. The number of carbonyl (C=O) groups is 3. The van der Waals surface area contributed by atoms with Crippen molar-refractivity contribution in [1.82, 2.24) is 20.0 Å². The van der Waals surface area contributed by atoms with Crippen LogP contribution in [0.15, 0.2) is 95.1 Å². The van der Waals surface area contributed by atoms with Crippen molar-refractivity contribution in [1.29, 1.82) is 5.26 Å². The Labute approximate surface area is 305 Å². The topological polar surface area (TPSA) is 144 Å². The van der Waals surface area contributed by atoms with Crippen molar-refractivity contribution >= 4 is 29.2 Å². The van der Waals surface area contributed by atoms with Crippen molar-refractivity contribution in [2.24, 2.45) is 10.7 Å². The molecule has 15 heteroatoms. The third-order valence-corrected chi connectivity index (χ3v) is 9.23. The molecular weight excluding hydrogens is 694 g/mol. The first-order valence-corrected chi connectivity index (χ1v) is 17.0. The minimum Gasteiger partial charge on any atom is -0.394 e. The first kappa shape index (κ1) is 38.6. The Balaban J connectivity index is 0.00000650. The van der Waals surface area contributed by atoms with Gasteiger partial charge >= 0.3 is 6.18 Å². The van der Waals surface area contributed by atoms with Crippen LogP contribution < -0.4 is 11.1 Å². The average molecular weight is 736 g/mol. The number of amides is 3. The van der Waals surface area contributed by atoms with Crippen LogP contribution in [0.4, 0.5) is 23.2 Å². The second-order valence-electron chi connectivity index (χ2n) is 12.5. The maximum Gasteiger partial charge on any atom is 0.416 e. The Morgan fingerprint density at radius 1 is 1.09 bits per heavy atom. The number of para-hydroxylation sites is 1. The van der Waals surface area contributed by atoms with Crippen LogP contribution in [0, 0.1) is 17.1 Å². The summed E-state index contributed by atoms with van der Waals surface area (Å²) in [6.07, 6.45) is -4.45. The summed E-state index contributed by atoms with van der Waals surface area (Å²) in [7, 11) is 1.43. The molecule has 0 spiro atoms. The molecule has 3 aromatic rings. The van der Waals surface area contributed by atoms with E-state index in [1.54, 1.807) is 37.3 Å². The first-order valence-electron chi connectivity index (χ1n) is 17.0. The lowest BCUT2D eigenvalue weighted by Crippen LogP contribution is -2.59. The van der Waals surface area contributed by atoms with Gasteiger partial charge in [-0.25, -0.2) is 9.38 Å². The van der Waals surface area contributed by atoms with Crippen molar-refractivity contribution in [3.63, 3.8) is 0 Å². The van der Waals surface area contributed by atoms with Crippen molar-refractivity contribution < 1.29 is 38.1 Å². The molecule has 53 heavy (non-hydrogen) atoms. The van der Waals surface area contributed by atoms with Gasteiger partial charge in [0.2, 0.25) is 0 Å². The number of likely N-dealkylation sites (N-methyl/N-ethyl adjacent to an activating group) is 2. The van der Waals surface area contributed by atoms with Crippen molar-refractivity contribution in [3.05, 3.63) is 113 Å².